The summed E-state index contributed by atoms with van der Waals surface area (Å²) in [6, 6.07) is 15.3. The van der Waals surface area contributed by atoms with Gasteiger partial charge in [0, 0.05) is 6.42 Å². The van der Waals surface area contributed by atoms with Crippen LogP contribution in [0.15, 0.2) is 59.6 Å². The van der Waals surface area contributed by atoms with Crippen molar-refractivity contribution in [3.63, 3.8) is 0 Å². The third-order valence-corrected chi connectivity index (χ3v) is 3.55. The third-order valence-electron chi connectivity index (χ3n) is 3.55. The van der Waals surface area contributed by atoms with Gasteiger partial charge in [-0.1, -0.05) is 42.5 Å². The maximum Gasteiger partial charge on any atom is 0.259 e. The molecule has 4 nitrogen and oxygen atoms in total. The summed E-state index contributed by atoms with van der Waals surface area (Å²) < 4.78 is 13.1. The molecule has 0 spiro atoms. The van der Waals surface area contributed by atoms with Crippen LogP contribution in [-0.4, -0.2) is 11.9 Å². The normalized spacial score (nSPS) is 21.0. The summed E-state index contributed by atoms with van der Waals surface area (Å²) >= 11 is 0. The van der Waals surface area contributed by atoms with Gasteiger partial charge in [-0.3, -0.25) is 10.1 Å². The van der Waals surface area contributed by atoms with Crippen molar-refractivity contribution in [3.05, 3.63) is 71.5 Å². The molecular weight excluding hydrogens is 269 g/mol. The van der Waals surface area contributed by atoms with Gasteiger partial charge in [0.1, 0.15) is 5.82 Å². The lowest BCUT2D eigenvalue weighted by Gasteiger charge is -2.24. The quantitative estimate of drug-likeness (QED) is 0.900. The first-order valence-corrected chi connectivity index (χ1v) is 6.57. The van der Waals surface area contributed by atoms with Crippen molar-refractivity contribution >= 4 is 11.9 Å². The van der Waals surface area contributed by atoms with E-state index in [1.54, 1.807) is 12.1 Å². The summed E-state index contributed by atoms with van der Waals surface area (Å²) in [5.74, 6) is -0.570. The highest BCUT2D eigenvalue weighted by atomic mass is 19.1. The van der Waals surface area contributed by atoms with E-state index in [1.807, 2.05) is 30.3 Å². The molecule has 0 unspecified atom stereocenters. The number of nitrogens with one attached hydrogen (secondary N) is 1. The Bertz CT molecular complexity index is 697. The summed E-state index contributed by atoms with van der Waals surface area (Å²) in [7, 11) is 0. The Labute approximate surface area is 121 Å². The smallest absolute Gasteiger partial charge is 0.259 e. The number of carbonyl (C=O) groups excluding carboxylic acids is 1. The summed E-state index contributed by atoms with van der Waals surface area (Å²) in [4.78, 5) is 16.7. The monoisotopic (exact) mass is 283 g/mol. The van der Waals surface area contributed by atoms with E-state index in [1.165, 1.54) is 12.1 Å². The SMILES string of the molecule is NC1=N[C@@](Cc2ccccc2)(c2ccc(F)cc2)C(=O)N1. The van der Waals surface area contributed by atoms with E-state index in [0.717, 1.165) is 5.56 Å². The van der Waals surface area contributed by atoms with Gasteiger partial charge < -0.3 is 5.73 Å². The number of hydrogen-bond donors (Lipinski definition) is 2. The van der Waals surface area contributed by atoms with Gasteiger partial charge in [-0.15, -0.1) is 0 Å². The Hall–Kier alpha value is -2.69. The lowest BCUT2D eigenvalue weighted by molar-refractivity contribution is -0.124. The molecule has 1 amide bonds. The van der Waals surface area contributed by atoms with Crippen LogP contribution in [0.3, 0.4) is 0 Å². The van der Waals surface area contributed by atoms with E-state index >= 15 is 0 Å². The molecule has 0 aromatic heterocycles. The fourth-order valence-corrected chi connectivity index (χ4v) is 2.54. The highest BCUT2D eigenvalue weighted by Gasteiger charge is 2.44. The van der Waals surface area contributed by atoms with Gasteiger partial charge in [0.2, 0.25) is 0 Å². The molecule has 5 heteroatoms. The van der Waals surface area contributed by atoms with E-state index in [0.29, 0.717) is 12.0 Å². The van der Waals surface area contributed by atoms with Crippen molar-refractivity contribution in [2.75, 3.05) is 0 Å². The number of nitrogens with two attached hydrogens (primary N) is 1. The number of aliphatic imine (C=N–C) groups is 1. The fraction of sp³-hybridized carbons (Fsp3) is 0.125. The van der Waals surface area contributed by atoms with Gasteiger partial charge in [0.05, 0.1) is 0 Å². The van der Waals surface area contributed by atoms with Crippen molar-refractivity contribution in [1.82, 2.24) is 5.32 Å². The Balaban J connectivity index is 2.08. The Morgan fingerprint density at radius 2 is 1.76 bits per heavy atom. The topological polar surface area (TPSA) is 67.5 Å². The molecule has 1 heterocycles. The highest BCUT2D eigenvalue weighted by molar-refractivity contribution is 6.07. The summed E-state index contributed by atoms with van der Waals surface area (Å²) in [6.07, 6.45) is 0.367. The van der Waals surface area contributed by atoms with E-state index in [4.69, 9.17) is 5.73 Å². The van der Waals surface area contributed by atoms with Crippen molar-refractivity contribution in [3.8, 4) is 0 Å². The molecule has 2 aromatic rings. The molecule has 0 bridgehead atoms. The second kappa shape index (κ2) is 5.01. The van der Waals surface area contributed by atoms with Crippen LogP contribution in [0, 0.1) is 5.82 Å². The summed E-state index contributed by atoms with van der Waals surface area (Å²) in [5, 5.41) is 2.54. The van der Waals surface area contributed by atoms with E-state index in [-0.39, 0.29) is 17.7 Å². The molecule has 3 N–H and O–H groups in total. The first-order chi connectivity index (χ1) is 10.1. The number of rotatable bonds is 3. The predicted molar refractivity (Wildman–Crippen MR) is 78.0 cm³/mol. The molecule has 0 saturated carbocycles. The molecule has 1 aliphatic heterocycles. The van der Waals surface area contributed by atoms with Crippen molar-refractivity contribution in [2.45, 2.75) is 12.0 Å². The fourth-order valence-electron chi connectivity index (χ4n) is 2.54. The minimum atomic E-state index is -1.14. The average Bonchev–Trinajstić information content (AvgIpc) is 2.76. The number of benzene rings is 2. The third kappa shape index (κ3) is 2.38. The van der Waals surface area contributed by atoms with E-state index in [9.17, 15) is 9.18 Å². The number of carbonyl (C=O) groups is 1. The van der Waals surface area contributed by atoms with Crippen LogP contribution in [0.4, 0.5) is 4.39 Å². The van der Waals surface area contributed by atoms with Gasteiger partial charge in [-0.2, -0.15) is 0 Å². The molecular formula is C16H14FN3O. The molecule has 0 fully saturated rings. The second-order valence-corrected chi connectivity index (χ2v) is 4.98. The number of halogens is 1. The molecule has 0 aliphatic carbocycles. The van der Waals surface area contributed by atoms with Crippen LogP contribution in [0.25, 0.3) is 0 Å². The average molecular weight is 283 g/mol. The van der Waals surface area contributed by atoms with E-state index < -0.39 is 5.54 Å². The molecule has 1 aliphatic rings. The number of guanidine groups is 1. The van der Waals surface area contributed by atoms with Gasteiger partial charge >= 0.3 is 0 Å². The van der Waals surface area contributed by atoms with Crippen LogP contribution in [0.5, 0.6) is 0 Å². The zero-order chi connectivity index (χ0) is 14.9. The zero-order valence-corrected chi connectivity index (χ0v) is 11.2. The first-order valence-electron chi connectivity index (χ1n) is 6.57. The molecule has 2 aromatic carbocycles. The molecule has 106 valence electrons. The maximum atomic E-state index is 13.1. The van der Waals surface area contributed by atoms with Crippen LogP contribution in [-0.2, 0) is 16.8 Å². The number of nitrogens with zero attached hydrogens (tertiary/aromatic N) is 1. The number of amides is 1. The minimum Gasteiger partial charge on any atom is -0.370 e. The van der Waals surface area contributed by atoms with Gasteiger partial charge in [0.15, 0.2) is 11.5 Å². The first kappa shape index (κ1) is 13.3. The second-order valence-electron chi connectivity index (χ2n) is 4.98. The highest BCUT2D eigenvalue weighted by Crippen LogP contribution is 2.33. The Kier molecular flexibility index (Phi) is 3.17. The standard InChI is InChI=1S/C16H14FN3O/c17-13-8-6-12(7-9-13)16(14(21)19-15(18)20-16)10-11-4-2-1-3-5-11/h1-9H,10H2,(H3,18,19,20,21)/t16-/m0/s1. The Morgan fingerprint density at radius 3 is 2.33 bits per heavy atom. The van der Waals surface area contributed by atoms with Gasteiger partial charge in [0.25, 0.3) is 5.91 Å². The molecule has 1 atom stereocenters. The lowest BCUT2D eigenvalue weighted by Crippen LogP contribution is -2.40. The Morgan fingerprint density at radius 1 is 1.10 bits per heavy atom. The van der Waals surface area contributed by atoms with Crippen molar-refractivity contribution < 1.29 is 9.18 Å². The predicted octanol–water partition coefficient (Wildman–Crippen LogP) is 1.71. The van der Waals surface area contributed by atoms with E-state index in [2.05, 4.69) is 10.3 Å². The molecule has 0 radical (unpaired) electrons. The maximum absolute atomic E-state index is 13.1. The van der Waals surface area contributed by atoms with Crippen molar-refractivity contribution in [1.29, 1.82) is 0 Å². The molecule has 3 rings (SSSR count). The largest absolute Gasteiger partial charge is 0.370 e. The van der Waals surface area contributed by atoms with Crippen molar-refractivity contribution in [2.24, 2.45) is 10.7 Å². The summed E-state index contributed by atoms with van der Waals surface area (Å²) in [5.41, 5.74) is 6.10. The lowest BCUT2D eigenvalue weighted by atomic mass is 9.84. The van der Waals surface area contributed by atoms with Gasteiger partial charge in [-0.25, -0.2) is 9.38 Å². The molecule has 0 saturated heterocycles. The van der Waals surface area contributed by atoms with Crippen LogP contribution in [0.2, 0.25) is 0 Å². The van der Waals surface area contributed by atoms with Gasteiger partial charge in [-0.05, 0) is 23.3 Å². The van der Waals surface area contributed by atoms with Crippen LogP contribution in [0.1, 0.15) is 11.1 Å². The van der Waals surface area contributed by atoms with Crippen LogP contribution >= 0.6 is 0 Å². The van der Waals surface area contributed by atoms with Crippen LogP contribution < -0.4 is 11.1 Å². The molecule has 21 heavy (non-hydrogen) atoms. The zero-order valence-electron chi connectivity index (χ0n) is 11.2. The minimum absolute atomic E-state index is 0.0836. The summed E-state index contributed by atoms with van der Waals surface area (Å²) in [6.45, 7) is 0. The number of hydrogen-bond acceptors (Lipinski definition) is 3.